The van der Waals surface area contributed by atoms with Gasteiger partial charge in [-0.1, -0.05) is 24.3 Å². The zero-order valence-corrected chi connectivity index (χ0v) is 11.8. The molecule has 0 radical (unpaired) electrons. The van der Waals surface area contributed by atoms with Crippen LogP contribution in [0.3, 0.4) is 0 Å². The first-order valence-corrected chi connectivity index (χ1v) is 6.59. The number of hydrogen-bond acceptors (Lipinski definition) is 4. The molecule has 0 aliphatic rings. The zero-order chi connectivity index (χ0) is 13.4. The number of benzene rings is 1. The summed E-state index contributed by atoms with van der Waals surface area (Å²) in [5, 5.41) is 2.13. The topological polar surface area (TPSA) is 64.7 Å². The Morgan fingerprint density at radius 2 is 1.89 bits per heavy atom. The predicted octanol–water partition coefficient (Wildman–Crippen LogP) is 3.34. The minimum atomic E-state index is 0.440. The van der Waals surface area contributed by atoms with E-state index in [1.54, 1.807) is 6.20 Å². The second-order valence-electron chi connectivity index (χ2n) is 4.24. The van der Waals surface area contributed by atoms with E-state index in [1.165, 1.54) is 0 Å². The first kappa shape index (κ1) is 12.0. The minimum Gasteiger partial charge on any atom is -0.383 e. The Hall–Kier alpha value is -2.01. The van der Waals surface area contributed by atoms with Crippen LogP contribution in [0.25, 0.3) is 22.2 Å². The average Bonchev–Trinajstić information content (AvgIpc) is 2.43. The molecular formula is C14H11BrN4. The van der Waals surface area contributed by atoms with Crippen LogP contribution >= 0.6 is 15.9 Å². The molecule has 0 amide bonds. The third-order valence-electron chi connectivity index (χ3n) is 2.95. The minimum absolute atomic E-state index is 0.440. The van der Waals surface area contributed by atoms with Gasteiger partial charge in [0.1, 0.15) is 5.82 Å². The molecule has 94 valence electrons. The van der Waals surface area contributed by atoms with Crippen molar-refractivity contribution in [3.05, 3.63) is 46.8 Å². The highest BCUT2D eigenvalue weighted by molar-refractivity contribution is 9.10. The summed E-state index contributed by atoms with van der Waals surface area (Å²) in [6.45, 7) is 1.89. The molecule has 0 aliphatic carbocycles. The molecule has 1 aromatic carbocycles. The molecule has 2 N–H and O–H groups in total. The summed E-state index contributed by atoms with van der Waals surface area (Å²) in [5.41, 5.74) is 7.59. The molecule has 19 heavy (non-hydrogen) atoms. The lowest BCUT2D eigenvalue weighted by molar-refractivity contribution is 1.10. The van der Waals surface area contributed by atoms with Crippen LogP contribution in [-0.4, -0.2) is 15.0 Å². The summed E-state index contributed by atoms with van der Waals surface area (Å²) in [7, 11) is 0. The van der Waals surface area contributed by atoms with E-state index in [0.717, 1.165) is 26.5 Å². The van der Waals surface area contributed by atoms with Crippen LogP contribution < -0.4 is 5.73 Å². The Labute approximate surface area is 118 Å². The summed E-state index contributed by atoms with van der Waals surface area (Å²) < 4.78 is 0.740. The second-order valence-corrected chi connectivity index (χ2v) is 5.03. The van der Waals surface area contributed by atoms with Gasteiger partial charge in [-0.3, -0.25) is 4.98 Å². The highest BCUT2D eigenvalue weighted by Crippen LogP contribution is 2.28. The highest BCUT2D eigenvalue weighted by Gasteiger charge is 2.11. The molecule has 2 heterocycles. The van der Waals surface area contributed by atoms with Crippen molar-refractivity contribution < 1.29 is 0 Å². The first-order chi connectivity index (χ1) is 9.16. The lowest BCUT2D eigenvalue weighted by Crippen LogP contribution is -2.00. The molecule has 0 unspecified atom stereocenters. The number of nitrogen functional groups attached to an aromatic ring is 1. The lowest BCUT2D eigenvalue weighted by Gasteiger charge is -2.08. The van der Waals surface area contributed by atoms with E-state index in [0.29, 0.717) is 11.6 Å². The van der Waals surface area contributed by atoms with Crippen molar-refractivity contribution in [3.63, 3.8) is 0 Å². The van der Waals surface area contributed by atoms with Crippen LogP contribution in [0, 0.1) is 6.92 Å². The van der Waals surface area contributed by atoms with Crippen molar-refractivity contribution in [2.75, 3.05) is 5.73 Å². The van der Waals surface area contributed by atoms with Crippen molar-refractivity contribution in [2.24, 2.45) is 0 Å². The molecule has 4 nitrogen and oxygen atoms in total. The van der Waals surface area contributed by atoms with Gasteiger partial charge in [-0.2, -0.15) is 0 Å². The number of fused-ring (bicyclic) bond motifs is 1. The molecule has 0 aliphatic heterocycles. The summed E-state index contributed by atoms with van der Waals surface area (Å²) >= 11 is 3.37. The van der Waals surface area contributed by atoms with E-state index in [1.807, 2.05) is 37.4 Å². The van der Waals surface area contributed by atoms with Gasteiger partial charge in [0, 0.05) is 23.3 Å². The van der Waals surface area contributed by atoms with Gasteiger partial charge < -0.3 is 5.73 Å². The van der Waals surface area contributed by atoms with E-state index < -0.39 is 0 Å². The lowest BCUT2D eigenvalue weighted by atomic mass is 10.1. The fourth-order valence-electron chi connectivity index (χ4n) is 2.00. The molecule has 0 spiro atoms. The maximum Gasteiger partial charge on any atom is 0.164 e. The van der Waals surface area contributed by atoms with Crippen LogP contribution in [0.2, 0.25) is 0 Å². The van der Waals surface area contributed by atoms with Crippen molar-refractivity contribution in [1.82, 2.24) is 15.0 Å². The standard InChI is InChI=1S/C14H11BrN4/c1-8-12(15)13(16)19-14(18-8)11-7-17-6-9-4-2-3-5-10(9)11/h2-7H,1H3,(H2,16,18,19). The van der Waals surface area contributed by atoms with Crippen LogP contribution in [0.1, 0.15) is 5.69 Å². The smallest absolute Gasteiger partial charge is 0.164 e. The van der Waals surface area contributed by atoms with Crippen molar-refractivity contribution in [3.8, 4) is 11.4 Å². The molecule has 0 saturated heterocycles. The van der Waals surface area contributed by atoms with Gasteiger partial charge in [0.25, 0.3) is 0 Å². The third-order valence-corrected chi connectivity index (χ3v) is 3.93. The third kappa shape index (κ3) is 2.06. The Balaban J connectivity index is 2.31. The number of nitrogens with zero attached hydrogens (tertiary/aromatic N) is 3. The number of aromatic nitrogens is 3. The summed E-state index contributed by atoms with van der Waals surface area (Å²) in [6.07, 6.45) is 3.60. The van der Waals surface area contributed by atoms with E-state index in [9.17, 15) is 0 Å². The molecule has 0 fully saturated rings. The molecule has 2 aromatic heterocycles. The molecule has 0 saturated carbocycles. The van der Waals surface area contributed by atoms with Crippen LogP contribution in [0.4, 0.5) is 5.82 Å². The molecule has 3 rings (SSSR count). The van der Waals surface area contributed by atoms with Crippen LogP contribution in [0.5, 0.6) is 0 Å². The van der Waals surface area contributed by atoms with E-state index >= 15 is 0 Å². The van der Waals surface area contributed by atoms with Gasteiger partial charge in [0.2, 0.25) is 0 Å². The van der Waals surface area contributed by atoms with E-state index in [2.05, 4.69) is 30.9 Å². The first-order valence-electron chi connectivity index (χ1n) is 5.79. The van der Waals surface area contributed by atoms with Gasteiger partial charge in [0.05, 0.1) is 10.2 Å². The number of rotatable bonds is 1. The fraction of sp³-hybridized carbons (Fsp3) is 0.0714. The maximum atomic E-state index is 5.88. The number of nitrogens with two attached hydrogens (primary N) is 1. The van der Waals surface area contributed by atoms with Crippen molar-refractivity contribution >= 4 is 32.5 Å². The number of halogens is 1. The molecular weight excluding hydrogens is 304 g/mol. The summed E-state index contributed by atoms with van der Waals surface area (Å²) in [6, 6.07) is 8.01. The van der Waals surface area contributed by atoms with Gasteiger partial charge >= 0.3 is 0 Å². The molecule has 3 aromatic rings. The van der Waals surface area contributed by atoms with Gasteiger partial charge in [0.15, 0.2) is 5.82 Å². The van der Waals surface area contributed by atoms with Crippen LogP contribution in [-0.2, 0) is 0 Å². The van der Waals surface area contributed by atoms with Crippen molar-refractivity contribution in [1.29, 1.82) is 0 Å². The molecule has 0 atom stereocenters. The largest absolute Gasteiger partial charge is 0.383 e. The quantitative estimate of drug-likeness (QED) is 0.748. The SMILES string of the molecule is Cc1nc(-c2cncc3ccccc23)nc(N)c1Br. The number of aryl methyl sites for hydroxylation is 1. The fourth-order valence-corrected chi connectivity index (χ4v) is 2.17. The Bertz CT molecular complexity index is 742. The normalized spacial score (nSPS) is 10.8. The van der Waals surface area contributed by atoms with E-state index in [-0.39, 0.29) is 0 Å². The average molecular weight is 315 g/mol. The second kappa shape index (κ2) is 4.59. The van der Waals surface area contributed by atoms with Gasteiger partial charge in [-0.05, 0) is 28.2 Å². The summed E-state index contributed by atoms with van der Waals surface area (Å²) in [4.78, 5) is 13.0. The maximum absolute atomic E-state index is 5.88. The highest BCUT2D eigenvalue weighted by atomic mass is 79.9. The zero-order valence-electron chi connectivity index (χ0n) is 10.3. The Kier molecular flexibility index (Phi) is 2.91. The Morgan fingerprint density at radius 3 is 2.68 bits per heavy atom. The van der Waals surface area contributed by atoms with Crippen molar-refractivity contribution in [2.45, 2.75) is 6.92 Å². The number of pyridine rings is 1. The molecule has 0 bridgehead atoms. The van der Waals surface area contributed by atoms with Crippen LogP contribution in [0.15, 0.2) is 41.1 Å². The van der Waals surface area contributed by atoms with Gasteiger partial charge in [-0.15, -0.1) is 0 Å². The van der Waals surface area contributed by atoms with Gasteiger partial charge in [-0.25, -0.2) is 9.97 Å². The predicted molar refractivity (Wildman–Crippen MR) is 79.6 cm³/mol. The monoisotopic (exact) mass is 314 g/mol. The van der Waals surface area contributed by atoms with E-state index in [4.69, 9.17) is 5.73 Å². The number of hydrogen-bond donors (Lipinski definition) is 1. The number of anilines is 1. The molecule has 5 heteroatoms. The summed E-state index contributed by atoms with van der Waals surface area (Å²) in [5.74, 6) is 1.04. The Morgan fingerprint density at radius 1 is 1.11 bits per heavy atom.